The van der Waals surface area contributed by atoms with E-state index in [0.717, 1.165) is 0 Å². The van der Waals surface area contributed by atoms with E-state index in [4.69, 9.17) is 4.74 Å². The molecule has 0 aliphatic heterocycles. The van der Waals surface area contributed by atoms with Crippen LogP contribution in [0.2, 0.25) is 0 Å². The first-order valence-corrected chi connectivity index (χ1v) is 2.82. The number of aromatic nitrogens is 3. The second-order valence-electron chi connectivity index (χ2n) is 1.66. The molecule has 0 fully saturated rings. The van der Waals surface area contributed by atoms with Crippen molar-refractivity contribution in [3.05, 3.63) is 6.20 Å². The van der Waals surface area contributed by atoms with Crippen LogP contribution in [-0.2, 0) is 7.05 Å². The van der Waals surface area contributed by atoms with E-state index in [9.17, 15) is 0 Å². The number of hydrogen-bond acceptors (Lipinski definition) is 3. The van der Waals surface area contributed by atoms with Crippen molar-refractivity contribution in [1.29, 1.82) is 0 Å². The maximum absolute atomic E-state index is 5.03. The van der Waals surface area contributed by atoms with Gasteiger partial charge in [-0.05, 0) is 6.92 Å². The topological polar surface area (TPSA) is 39.9 Å². The molecule has 0 radical (unpaired) electrons. The summed E-state index contributed by atoms with van der Waals surface area (Å²) in [6.07, 6.45) is 1.73. The Balaban J connectivity index is 2.61. The zero-order valence-electron chi connectivity index (χ0n) is 5.53. The van der Waals surface area contributed by atoms with Gasteiger partial charge in [-0.1, -0.05) is 10.3 Å². The van der Waals surface area contributed by atoms with E-state index in [1.807, 2.05) is 6.92 Å². The van der Waals surface area contributed by atoms with Gasteiger partial charge in [-0.15, -0.1) is 0 Å². The summed E-state index contributed by atoms with van der Waals surface area (Å²) in [4.78, 5) is 0. The maximum atomic E-state index is 5.03. The highest BCUT2D eigenvalue weighted by atomic mass is 16.5. The molecule has 0 N–H and O–H groups in total. The van der Waals surface area contributed by atoms with Crippen LogP contribution in [0, 0.1) is 0 Å². The van der Waals surface area contributed by atoms with Gasteiger partial charge in [0.25, 0.3) is 5.88 Å². The fourth-order valence-corrected chi connectivity index (χ4v) is 0.540. The molecule has 1 aromatic heterocycles. The molecule has 1 heterocycles. The highest BCUT2D eigenvalue weighted by Crippen LogP contribution is 1.99. The molecule has 4 heteroatoms. The van der Waals surface area contributed by atoms with Crippen molar-refractivity contribution in [2.75, 3.05) is 6.61 Å². The van der Waals surface area contributed by atoms with E-state index in [1.165, 1.54) is 0 Å². The third-order valence-corrected chi connectivity index (χ3v) is 0.874. The van der Waals surface area contributed by atoms with E-state index >= 15 is 0 Å². The second-order valence-corrected chi connectivity index (χ2v) is 1.66. The maximum Gasteiger partial charge on any atom is 0.253 e. The first kappa shape index (κ1) is 6.07. The van der Waals surface area contributed by atoms with E-state index < -0.39 is 0 Å². The van der Waals surface area contributed by atoms with E-state index in [2.05, 4.69) is 10.3 Å². The van der Waals surface area contributed by atoms with Crippen molar-refractivity contribution in [2.24, 2.45) is 7.05 Å². The Morgan fingerprint density at radius 2 is 2.56 bits per heavy atom. The lowest BCUT2D eigenvalue weighted by molar-refractivity contribution is 0.326. The van der Waals surface area contributed by atoms with Gasteiger partial charge in [-0.3, -0.25) is 4.68 Å². The van der Waals surface area contributed by atoms with Gasteiger partial charge in [-0.25, -0.2) is 0 Å². The van der Waals surface area contributed by atoms with Gasteiger partial charge >= 0.3 is 0 Å². The zero-order valence-corrected chi connectivity index (χ0v) is 5.53. The van der Waals surface area contributed by atoms with Crippen LogP contribution in [0.5, 0.6) is 5.88 Å². The SMILES string of the molecule is CCOc1cn(C)nn1. The van der Waals surface area contributed by atoms with Gasteiger partial charge in [0, 0.05) is 7.05 Å². The molecule has 50 valence electrons. The van der Waals surface area contributed by atoms with E-state index in [-0.39, 0.29) is 0 Å². The molecule has 0 atom stereocenters. The molecule has 0 unspecified atom stereocenters. The predicted octanol–water partition coefficient (Wildman–Crippen LogP) is 0.214. The molecule has 0 amide bonds. The molecule has 0 saturated carbocycles. The molecule has 0 bridgehead atoms. The lowest BCUT2D eigenvalue weighted by atomic mass is 10.8. The summed E-state index contributed by atoms with van der Waals surface area (Å²) < 4.78 is 6.63. The van der Waals surface area contributed by atoms with Gasteiger partial charge in [0.15, 0.2) is 0 Å². The van der Waals surface area contributed by atoms with Crippen LogP contribution in [-0.4, -0.2) is 21.6 Å². The van der Waals surface area contributed by atoms with Crippen LogP contribution in [0.25, 0.3) is 0 Å². The van der Waals surface area contributed by atoms with Gasteiger partial charge in [0.1, 0.15) is 0 Å². The average Bonchev–Trinajstić information content (AvgIpc) is 2.17. The highest BCUT2D eigenvalue weighted by Gasteiger charge is 1.93. The summed E-state index contributed by atoms with van der Waals surface area (Å²) in [6.45, 7) is 2.55. The average molecular weight is 127 g/mol. The van der Waals surface area contributed by atoms with Crippen LogP contribution < -0.4 is 4.74 Å². The summed E-state index contributed by atoms with van der Waals surface area (Å²) in [5, 5.41) is 7.37. The van der Waals surface area contributed by atoms with Crippen molar-refractivity contribution in [2.45, 2.75) is 6.92 Å². The third-order valence-electron chi connectivity index (χ3n) is 0.874. The van der Waals surface area contributed by atoms with Crippen LogP contribution in [0.3, 0.4) is 0 Å². The smallest absolute Gasteiger partial charge is 0.253 e. The Hall–Kier alpha value is -1.06. The standard InChI is InChI=1S/C5H9N3O/c1-3-9-5-4-8(2)7-6-5/h4H,3H2,1-2H3. The Morgan fingerprint density at radius 1 is 1.78 bits per heavy atom. The van der Waals surface area contributed by atoms with Gasteiger partial charge in [0.05, 0.1) is 12.8 Å². The largest absolute Gasteiger partial charge is 0.476 e. The first-order valence-electron chi connectivity index (χ1n) is 2.82. The summed E-state index contributed by atoms with van der Waals surface area (Å²) in [6, 6.07) is 0. The van der Waals surface area contributed by atoms with Crippen LogP contribution >= 0.6 is 0 Å². The summed E-state index contributed by atoms with van der Waals surface area (Å²) >= 11 is 0. The normalized spacial score (nSPS) is 9.56. The molecule has 4 nitrogen and oxygen atoms in total. The molecule has 0 aliphatic rings. The highest BCUT2D eigenvalue weighted by molar-refractivity contribution is 4.98. The molecule has 1 rings (SSSR count). The van der Waals surface area contributed by atoms with Crippen molar-refractivity contribution < 1.29 is 4.74 Å². The molecular weight excluding hydrogens is 118 g/mol. The summed E-state index contributed by atoms with van der Waals surface area (Å²) in [5.74, 6) is 0.583. The minimum atomic E-state index is 0.583. The minimum Gasteiger partial charge on any atom is -0.476 e. The van der Waals surface area contributed by atoms with E-state index in [1.54, 1.807) is 17.9 Å². The lowest BCUT2D eigenvalue weighted by Gasteiger charge is -1.91. The predicted molar refractivity (Wildman–Crippen MR) is 32.2 cm³/mol. The molecule has 9 heavy (non-hydrogen) atoms. The number of ether oxygens (including phenoxy) is 1. The molecule has 1 aromatic rings. The molecule has 0 saturated heterocycles. The molecule has 0 aromatic carbocycles. The van der Waals surface area contributed by atoms with Crippen molar-refractivity contribution in [3.8, 4) is 5.88 Å². The number of aryl methyl sites for hydroxylation is 1. The van der Waals surface area contributed by atoms with Gasteiger partial charge in [0.2, 0.25) is 0 Å². The van der Waals surface area contributed by atoms with Crippen molar-refractivity contribution >= 4 is 0 Å². The Kier molecular flexibility index (Phi) is 1.67. The minimum absolute atomic E-state index is 0.583. The van der Waals surface area contributed by atoms with Gasteiger partial charge < -0.3 is 4.74 Å². The summed E-state index contributed by atoms with van der Waals surface area (Å²) in [7, 11) is 1.80. The quantitative estimate of drug-likeness (QED) is 0.570. The monoisotopic (exact) mass is 127 g/mol. The number of nitrogens with zero attached hydrogens (tertiary/aromatic N) is 3. The van der Waals surface area contributed by atoms with Crippen LogP contribution in [0.1, 0.15) is 6.92 Å². The Labute approximate surface area is 53.4 Å². The lowest BCUT2D eigenvalue weighted by Crippen LogP contribution is -1.90. The molecule has 0 spiro atoms. The molecule has 0 aliphatic carbocycles. The third kappa shape index (κ3) is 1.42. The van der Waals surface area contributed by atoms with Crippen LogP contribution in [0.15, 0.2) is 6.20 Å². The second kappa shape index (κ2) is 2.48. The zero-order chi connectivity index (χ0) is 6.69. The Bertz CT molecular complexity index is 184. The fourth-order valence-electron chi connectivity index (χ4n) is 0.540. The van der Waals surface area contributed by atoms with E-state index in [0.29, 0.717) is 12.5 Å². The number of hydrogen-bond donors (Lipinski definition) is 0. The van der Waals surface area contributed by atoms with Crippen molar-refractivity contribution in [3.63, 3.8) is 0 Å². The summed E-state index contributed by atoms with van der Waals surface area (Å²) in [5.41, 5.74) is 0. The fraction of sp³-hybridized carbons (Fsp3) is 0.600. The molecular formula is C5H9N3O. The first-order chi connectivity index (χ1) is 4.33. The van der Waals surface area contributed by atoms with Crippen LogP contribution in [0.4, 0.5) is 0 Å². The number of rotatable bonds is 2. The Morgan fingerprint density at radius 3 is 3.00 bits per heavy atom. The van der Waals surface area contributed by atoms with Crippen molar-refractivity contribution in [1.82, 2.24) is 15.0 Å². The van der Waals surface area contributed by atoms with Gasteiger partial charge in [-0.2, -0.15) is 0 Å².